The molecule has 0 bridgehead atoms. The molecule has 0 spiro atoms. The maximum Gasteiger partial charge on any atom is 0.134 e. The van der Waals surface area contributed by atoms with Gasteiger partial charge in [-0.1, -0.05) is 66.7 Å². The largest absolute Gasteiger partial charge is 0.497 e. The van der Waals surface area contributed by atoms with Crippen LogP contribution in [0.3, 0.4) is 0 Å². The van der Waals surface area contributed by atoms with Crippen molar-refractivity contribution in [2.75, 3.05) is 28.4 Å². The average molecular weight is 543 g/mol. The summed E-state index contributed by atoms with van der Waals surface area (Å²) < 4.78 is 22.3. The molecule has 0 saturated heterocycles. The van der Waals surface area contributed by atoms with Gasteiger partial charge in [0.2, 0.25) is 0 Å². The lowest BCUT2D eigenvalue weighted by Gasteiger charge is -2.20. The Labute approximate surface area is 242 Å². The molecule has 206 valence electrons. The summed E-state index contributed by atoms with van der Waals surface area (Å²) in [7, 11) is 6.78. The Balaban J connectivity index is 1.72. The molecule has 0 aliphatic carbocycles. The summed E-state index contributed by atoms with van der Waals surface area (Å²) in [5.74, 6) is 3.30. The second kappa shape index (κ2) is 12.5. The van der Waals surface area contributed by atoms with Gasteiger partial charge in [0.25, 0.3) is 0 Å². The number of hydrogen-bond acceptors (Lipinski definition) is 4. The van der Waals surface area contributed by atoms with E-state index in [0.717, 1.165) is 73.1 Å². The lowest BCUT2D eigenvalue weighted by molar-refractivity contribution is 0.414. The minimum Gasteiger partial charge on any atom is -0.497 e. The molecule has 0 aliphatic rings. The topological polar surface area (TPSA) is 36.9 Å². The minimum atomic E-state index is 0.822. The summed E-state index contributed by atoms with van der Waals surface area (Å²) in [4.78, 5) is 0. The number of hydrogen-bond donors (Lipinski definition) is 0. The molecule has 0 unspecified atom stereocenters. The molecule has 4 nitrogen and oxygen atoms in total. The van der Waals surface area contributed by atoms with Gasteiger partial charge in [0, 0.05) is 11.1 Å². The third kappa shape index (κ3) is 5.97. The van der Waals surface area contributed by atoms with Crippen molar-refractivity contribution < 1.29 is 18.9 Å². The molecule has 0 atom stereocenters. The van der Waals surface area contributed by atoms with Crippen LogP contribution in [0.1, 0.15) is 18.1 Å². The Hall–Kier alpha value is -4.96. The molecule has 0 amide bonds. The Morgan fingerprint density at radius 3 is 1.54 bits per heavy atom. The van der Waals surface area contributed by atoms with E-state index in [2.05, 4.69) is 85.8 Å². The highest BCUT2D eigenvalue weighted by Gasteiger charge is 2.19. The van der Waals surface area contributed by atoms with Crippen LogP contribution >= 0.6 is 0 Å². The molecule has 0 fully saturated rings. The third-order valence-corrected chi connectivity index (χ3v) is 7.26. The van der Waals surface area contributed by atoms with E-state index >= 15 is 0 Å². The van der Waals surface area contributed by atoms with Crippen molar-refractivity contribution in [3.8, 4) is 56.4 Å². The first-order chi connectivity index (χ1) is 20.0. The summed E-state index contributed by atoms with van der Waals surface area (Å²) >= 11 is 0. The zero-order valence-corrected chi connectivity index (χ0v) is 24.1. The molecule has 0 radical (unpaired) electrons. The van der Waals surface area contributed by atoms with Crippen LogP contribution in [0.25, 0.3) is 45.0 Å². The van der Waals surface area contributed by atoms with Crippen molar-refractivity contribution in [2.24, 2.45) is 0 Å². The molecule has 5 aromatic carbocycles. The van der Waals surface area contributed by atoms with E-state index in [1.807, 2.05) is 36.4 Å². The van der Waals surface area contributed by atoms with Gasteiger partial charge in [-0.15, -0.1) is 0 Å². The maximum absolute atomic E-state index is 6.18. The van der Waals surface area contributed by atoms with Gasteiger partial charge in [-0.3, -0.25) is 0 Å². The van der Waals surface area contributed by atoms with Gasteiger partial charge in [0.05, 0.1) is 28.4 Å². The van der Waals surface area contributed by atoms with Gasteiger partial charge in [-0.05, 0) is 94.4 Å². The van der Waals surface area contributed by atoms with E-state index in [9.17, 15) is 0 Å². The highest BCUT2D eigenvalue weighted by molar-refractivity contribution is 5.94. The molecule has 0 heterocycles. The van der Waals surface area contributed by atoms with E-state index in [-0.39, 0.29) is 0 Å². The Kier molecular flexibility index (Phi) is 8.40. The van der Waals surface area contributed by atoms with Gasteiger partial charge in [0.1, 0.15) is 23.0 Å². The fraction of sp³-hybridized carbons (Fsp3) is 0.135. The molecule has 0 saturated carbocycles. The predicted octanol–water partition coefficient (Wildman–Crippen LogP) is 9.28. The molecule has 41 heavy (non-hydrogen) atoms. The van der Waals surface area contributed by atoms with Crippen LogP contribution in [0.2, 0.25) is 0 Å². The normalized spacial score (nSPS) is 11.2. The minimum absolute atomic E-state index is 0.822. The van der Waals surface area contributed by atoms with E-state index in [4.69, 9.17) is 18.9 Å². The van der Waals surface area contributed by atoms with E-state index in [1.54, 1.807) is 28.4 Å². The molecule has 5 rings (SSSR count). The van der Waals surface area contributed by atoms with Crippen molar-refractivity contribution in [1.82, 2.24) is 0 Å². The lowest BCUT2D eigenvalue weighted by Crippen LogP contribution is -1.97. The zero-order chi connectivity index (χ0) is 28.8. The van der Waals surface area contributed by atoms with Crippen LogP contribution in [-0.4, -0.2) is 28.4 Å². The van der Waals surface area contributed by atoms with Gasteiger partial charge in [-0.25, -0.2) is 0 Å². The van der Waals surface area contributed by atoms with Crippen LogP contribution in [0.4, 0.5) is 0 Å². The highest BCUT2D eigenvalue weighted by atomic mass is 16.5. The first-order valence-corrected chi connectivity index (χ1v) is 13.5. The summed E-state index contributed by atoms with van der Waals surface area (Å²) in [5.41, 5.74) is 9.70. The van der Waals surface area contributed by atoms with Crippen LogP contribution in [0.5, 0.6) is 23.0 Å². The molecular weight excluding hydrogens is 508 g/mol. The zero-order valence-electron chi connectivity index (χ0n) is 24.1. The van der Waals surface area contributed by atoms with E-state index in [0.29, 0.717) is 0 Å². The van der Waals surface area contributed by atoms with E-state index in [1.165, 1.54) is 0 Å². The summed E-state index contributed by atoms with van der Waals surface area (Å²) in [5, 5.41) is 0. The summed E-state index contributed by atoms with van der Waals surface area (Å²) in [6, 6.07) is 37.2. The van der Waals surface area contributed by atoms with Crippen LogP contribution < -0.4 is 18.9 Å². The molecule has 4 heteroatoms. The summed E-state index contributed by atoms with van der Waals surface area (Å²) in [6.45, 7) is 2.12. The Morgan fingerprint density at radius 2 is 1.00 bits per heavy atom. The quantitative estimate of drug-likeness (QED) is 0.174. The van der Waals surface area contributed by atoms with Crippen molar-refractivity contribution in [3.63, 3.8) is 0 Å². The third-order valence-electron chi connectivity index (χ3n) is 7.26. The van der Waals surface area contributed by atoms with Crippen molar-refractivity contribution in [3.05, 3.63) is 120 Å². The number of ether oxygens (including phenoxy) is 4. The molecule has 0 N–H and O–H groups in total. The second-order valence-electron chi connectivity index (χ2n) is 9.71. The Morgan fingerprint density at radius 1 is 0.488 bits per heavy atom. The van der Waals surface area contributed by atoms with Gasteiger partial charge in [-0.2, -0.15) is 0 Å². The molecule has 0 aliphatic heterocycles. The molecular formula is C37H34O4. The maximum atomic E-state index is 6.18. The fourth-order valence-electron chi connectivity index (χ4n) is 5.06. The Bertz CT molecular complexity index is 1650. The first kappa shape index (κ1) is 27.6. The monoisotopic (exact) mass is 542 g/mol. The summed E-state index contributed by atoms with van der Waals surface area (Å²) in [6.07, 6.45) is 2.17. The standard InChI is InChI=1S/C37H34O4/c1-25(22-26-10-16-30(38-2)17-11-26)35-23-29(27-12-18-31(39-3)19-13-27)24-36(37(35)41-5)34-9-7-6-8-33(34)28-14-20-32(40-4)21-15-28/h6-24H,1-5H3/b25-22-. The lowest BCUT2D eigenvalue weighted by atomic mass is 9.88. The first-order valence-electron chi connectivity index (χ1n) is 13.5. The van der Waals surface area contributed by atoms with E-state index < -0.39 is 0 Å². The van der Waals surface area contributed by atoms with Crippen molar-refractivity contribution in [1.29, 1.82) is 0 Å². The predicted molar refractivity (Wildman–Crippen MR) is 169 cm³/mol. The molecule has 5 aromatic rings. The number of benzene rings is 5. The van der Waals surface area contributed by atoms with Crippen LogP contribution in [0, 0.1) is 0 Å². The second-order valence-corrected chi connectivity index (χ2v) is 9.71. The van der Waals surface area contributed by atoms with Gasteiger partial charge >= 0.3 is 0 Å². The molecule has 0 aromatic heterocycles. The average Bonchev–Trinajstić information content (AvgIpc) is 3.04. The van der Waals surface area contributed by atoms with Crippen molar-refractivity contribution >= 4 is 11.6 Å². The number of methoxy groups -OCH3 is 4. The van der Waals surface area contributed by atoms with Gasteiger partial charge < -0.3 is 18.9 Å². The SMILES string of the molecule is COc1ccc(/C=C(/C)c2cc(-c3ccc(OC)cc3)cc(-c3ccccc3-c3ccc(OC)cc3)c2OC)cc1. The van der Waals surface area contributed by atoms with Crippen LogP contribution in [-0.2, 0) is 0 Å². The van der Waals surface area contributed by atoms with Crippen molar-refractivity contribution in [2.45, 2.75) is 6.92 Å². The smallest absolute Gasteiger partial charge is 0.134 e. The van der Waals surface area contributed by atoms with Crippen LogP contribution in [0.15, 0.2) is 109 Å². The van der Waals surface area contributed by atoms with Gasteiger partial charge in [0.15, 0.2) is 0 Å². The highest BCUT2D eigenvalue weighted by Crippen LogP contribution is 2.44. The number of allylic oxidation sites excluding steroid dienone is 1. The number of rotatable bonds is 9. The fourth-order valence-corrected chi connectivity index (χ4v) is 5.06.